The van der Waals surface area contributed by atoms with Gasteiger partial charge in [-0.15, -0.1) is 0 Å². The van der Waals surface area contributed by atoms with Crippen LogP contribution in [0.1, 0.15) is 59.3 Å². The second-order valence-corrected chi connectivity index (χ2v) is 6.54. The van der Waals surface area contributed by atoms with Crippen molar-refractivity contribution in [2.24, 2.45) is 11.8 Å². The summed E-state index contributed by atoms with van der Waals surface area (Å²) in [6.07, 6.45) is 8.50. The van der Waals surface area contributed by atoms with Gasteiger partial charge in [-0.1, -0.05) is 40.0 Å². The highest BCUT2D eigenvalue weighted by molar-refractivity contribution is 4.88. The number of nitrogens with one attached hydrogen (secondary N) is 1. The zero-order valence-corrected chi connectivity index (χ0v) is 12.6. The lowest BCUT2D eigenvalue weighted by molar-refractivity contribution is 0.0659. The van der Waals surface area contributed by atoms with E-state index in [1.54, 1.807) is 0 Å². The molecule has 0 aromatic heterocycles. The fourth-order valence-corrected chi connectivity index (χ4v) is 4.07. The third kappa shape index (κ3) is 3.48. The van der Waals surface area contributed by atoms with Gasteiger partial charge in [0.2, 0.25) is 0 Å². The summed E-state index contributed by atoms with van der Waals surface area (Å²) in [5, 5.41) is 3.69. The molecule has 2 rings (SSSR count). The van der Waals surface area contributed by atoms with Crippen LogP contribution in [0.4, 0.5) is 0 Å². The first-order chi connectivity index (χ1) is 8.74. The van der Waals surface area contributed by atoms with Gasteiger partial charge in [0, 0.05) is 18.6 Å². The van der Waals surface area contributed by atoms with Gasteiger partial charge >= 0.3 is 0 Å². The minimum absolute atomic E-state index is 0.775. The molecule has 0 aromatic carbocycles. The van der Waals surface area contributed by atoms with E-state index in [1.807, 2.05) is 0 Å². The van der Waals surface area contributed by atoms with Crippen molar-refractivity contribution in [2.75, 3.05) is 19.6 Å². The fraction of sp³-hybridized carbons (Fsp3) is 1.00. The Kier molecular flexibility index (Phi) is 5.50. The molecule has 1 aliphatic heterocycles. The molecule has 2 heteroatoms. The third-order valence-corrected chi connectivity index (χ3v) is 5.18. The van der Waals surface area contributed by atoms with Gasteiger partial charge in [0.15, 0.2) is 0 Å². The molecule has 4 unspecified atom stereocenters. The molecule has 0 amide bonds. The molecule has 1 aliphatic carbocycles. The van der Waals surface area contributed by atoms with Crippen LogP contribution in [0.25, 0.3) is 0 Å². The van der Waals surface area contributed by atoms with Crippen molar-refractivity contribution in [3.63, 3.8) is 0 Å². The van der Waals surface area contributed by atoms with Gasteiger partial charge in [-0.2, -0.15) is 0 Å². The predicted molar refractivity (Wildman–Crippen MR) is 78.9 cm³/mol. The second-order valence-electron chi connectivity index (χ2n) is 6.54. The lowest BCUT2D eigenvalue weighted by Crippen LogP contribution is -2.52. The van der Waals surface area contributed by atoms with Crippen molar-refractivity contribution in [2.45, 2.75) is 71.4 Å². The highest BCUT2D eigenvalue weighted by atomic mass is 15.2. The van der Waals surface area contributed by atoms with E-state index < -0.39 is 0 Å². The smallest absolute Gasteiger partial charge is 0.0119 e. The van der Waals surface area contributed by atoms with Crippen LogP contribution in [0.5, 0.6) is 0 Å². The van der Waals surface area contributed by atoms with Gasteiger partial charge in [-0.25, -0.2) is 0 Å². The highest BCUT2D eigenvalue weighted by Crippen LogP contribution is 2.31. The normalized spacial score (nSPS) is 38.8. The summed E-state index contributed by atoms with van der Waals surface area (Å²) in [5.74, 6) is 1.83. The molecule has 2 nitrogen and oxygen atoms in total. The summed E-state index contributed by atoms with van der Waals surface area (Å²) in [6.45, 7) is 10.8. The Morgan fingerprint density at radius 3 is 2.67 bits per heavy atom. The highest BCUT2D eigenvalue weighted by Gasteiger charge is 2.32. The van der Waals surface area contributed by atoms with E-state index in [4.69, 9.17) is 0 Å². The number of hydrogen-bond acceptors (Lipinski definition) is 2. The van der Waals surface area contributed by atoms with E-state index in [0.717, 1.165) is 30.5 Å². The maximum atomic E-state index is 3.69. The second kappa shape index (κ2) is 6.91. The molecule has 1 N–H and O–H groups in total. The Morgan fingerprint density at radius 2 is 2.00 bits per heavy atom. The number of piperidine rings is 1. The molecule has 106 valence electrons. The Labute approximate surface area is 114 Å². The predicted octanol–water partition coefficient (Wildman–Crippen LogP) is 3.28. The molecule has 1 heterocycles. The monoisotopic (exact) mass is 252 g/mol. The van der Waals surface area contributed by atoms with Crippen molar-refractivity contribution in [1.29, 1.82) is 0 Å². The van der Waals surface area contributed by atoms with Crippen LogP contribution in [0.3, 0.4) is 0 Å². The van der Waals surface area contributed by atoms with Crippen LogP contribution in [0.2, 0.25) is 0 Å². The molecule has 0 spiro atoms. The van der Waals surface area contributed by atoms with E-state index in [-0.39, 0.29) is 0 Å². The lowest BCUT2D eigenvalue weighted by atomic mass is 9.83. The third-order valence-electron chi connectivity index (χ3n) is 5.18. The molecule has 4 atom stereocenters. The molecule has 0 bridgehead atoms. The van der Waals surface area contributed by atoms with Crippen LogP contribution < -0.4 is 5.32 Å². The molecule has 2 fully saturated rings. The lowest BCUT2D eigenvalue weighted by Gasteiger charge is -2.44. The van der Waals surface area contributed by atoms with E-state index in [1.165, 1.54) is 51.6 Å². The van der Waals surface area contributed by atoms with E-state index in [9.17, 15) is 0 Å². The minimum Gasteiger partial charge on any atom is -0.314 e. The zero-order valence-electron chi connectivity index (χ0n) is 12.6. The Balaban J connectivity index is 1.88. The van der Waals surface area contributed by atoms with Crippen molar-refractivity contribution >= 4 is 0 Å². The Bertz CT molecular complexity index is 241. The SMILES string of the molecule is CCNC1CCN(C2CCCC(C)C2)CC1CC. The largest absolute Gasteiger partial charge is 0.314 e. The summed E-state index contributed by atoms with van der Waals surface area (Å²) in [6, 6.07) is 1.67. The van der Waals surface area contributed by atoms with Crippen molar-refractivity contribution in [1.82, 2.24) is 10.2 Å². The summed E-state index contributed by atoms with van der Waals surface area (Å²) in [5.41, 5.74) is 0. The molecule has 2 aliphatic rings. The summed E-state index contributed by atoms with van der Waals surface area (Å²) in [7, 11) is 0. The molecule has 1 saturated carbocycles. The quantitative estimate of drug-likeness (QED) is 0.826. The average Bonchev–Trinajstić information content (AvgIpc) is 2.39. The minimum atomic E-state index is 0.775. The maximum absolute atomic E-state index is 3.69. The van der Waals surface area contributed by atoms with Gasteiger partial charge in [0.05, 0.1) is 0 Å². The summed E-state index contributed by atoms with van der Waals surface area (Å²) >= 11 is 0. The van der Waals surface area contributed by atoms with Gasteiger partial charge in [-0.3, -0.25) is 4.90 Å². The fourth-order valence-electron chi connectivity index (χ4n) is 4.07. The first-order valence-electron chi connectivity index (χ1n) is 8.22. The molecule has 0 aromatic rings. The van der Waals surface area contributed by atoms with E-state index in [2.05, 4.69) is 31.0 Å². The topological polar surface area (TPSA) is 15.3 Å². The maximum Gasteiger partial charge on any atom is 0.0119 e. The first kappa shape index (κ1) is 14.3. The van der Waals surface area contributed by atoms with Crippen LogP contribution >= 0.6 is 0 Å². The van der Waals surface area contributed by atoms with Crippen LogP contribution in [0.15, 0.2) is 0 Å². The molecular weight excluding hydrogens is 220 g/mol. The van der Waals surface area contributed by atoms with Gasteiger partial charge < -0.3 is 5.32 Å². The number of hydrogen-bond donors (Lipinski definition) is 1. The van der Waals surface area contributed by atoms with Crippen molar-refractivity contribution in [3.8, 4) is 0 Å². The zero-order chi connectivity index (χ0) is 13.0. The summed E-state index contributed by atoms with van der Waals surface area (Å²) in [4.78, 5) is 2.82. The molecule has 0 radical (unpaired) electrons. The van der Waals surface area contributed by atoms with Crippen molar-refractivity contribution in [3.05, 3.63) is 0 Å². The molecular formula is C16H32N2. The number of rotatable bonds is 4. The van der Waals surface area contributed by atoms with Gasteiger partial charge in [-0.05, 0) is 44.2 Å². The van der Waals surface area contributed by atoms with Gasteiger partial charge in [0.25, 0.3) is 0 Å². The van der Waals surface area contributed by atoms with Crippen molar-refractivity contribution < 1.29 is 0 Å². The van der Waals surface area contributed by atoms with Crippen LogP contribution in [-0.2, 0) is 0 Å². The number of nitrogens with zero attached hydrogens (tertiary/aromatic N) is 1. The van der Waals surface area contributed by atoms with E-state index >= 15 is 0 Å². The first-order valence-corrected chi connectivity index (χ1v) is 8.22. The van der Waals surface area contributed by atoms with Crippen LogP contribution in [0, 0.1) is 11.8 Å². The summed E-state index contributed by atoms with van der Waals surface area (Å²) < 4.78 is 0. The standard InChI is InChI=1S/C16H32N2/c1-4-14-12-18(10-9-16(14)17-5-2)15-8-6-7-13(3)11-15/h13-17H,4-12H2,1-3H3. The average molecular weight is 252 g/mol. The van der Waals surface area contributed by atoms with Gasteiger partial charge in [0.1, 0.15) is 0 Å². The number of likely N-dealkylation sites (tertiary alicyclic amines) is 1. The van der Waals surface area contributed by atoms with Crippen LogP contribution in [-0.4, -0.2) is 36.6 Å². The Morgan fingerprint density at radius 1 is 1.17 bits per heavy atom. The molecule has 1 saturated heterocycles. The Hall–Kier alpha value is -0.0800. The molecule has 18 heavy (non-hydrogen) atoms. The van der Waals surface area contributed by atoms with E-state index in [0.29, 0.717) is 0 Å².